The maximum atomic E-state index is 9.33. The van der Waals surface area contributed by atoms with Gasteiger partial charge in [0.1, 0.15) is 0 Å². The van der Waals surface area contributed by atoms with E-state index in [1.54, 1.807) is 0 Å². The molecule has 1 aromatic rings. The van der Waals surface area contributed by atoms with Gasteiger partial charge in [-0.1, -0.05) is 25.1 Å². The van der Waals surface area contributed by atoms with Crippen LogP contribution in [0, 0.1) is 0 Å². The fourth-order valence-corrected chi connectivity index (χ4v) is 3.06. The summed E-state index contributed by atoms with van der Waals surface area (Å²) in [5, 5.41) is 12.8. The Bertz CT molecular complexity index is 394. The summed E-state index contributed by atoms with van der Waals surface area (Å²) in [7, 11) is 0. The van der Waals surface area contributed by atoms with Crippen molar-refractivity contribution in [1.29, 1.82) is 0 Å². The van der Waals surface area contributed by atoms with Gasteiger partial charge < -0.3 is 15.3 Å². The van der Waals surface area contributed by atoms with Gasteiger partial charge in [-0.2, -0.15) is 0 Å². The van der Waals surface area contributed by atoms with E-state index in [1.807, 2.05) is 0 Å². The van der Waals surface area contributed by atoms with Crippen molar-refractivity contribution < 1.29 is 5.11 Å². The third-order valence-corrected chi connectivity index (χ3v) is 4.10. The minimum Gasteiger partial charge on any atom is -0.396 e. The van der Waals surface area contributed by atoms with E-state index in [0.717, 1.165) is 32.4 Å². The highest BCUT2D eigenvalue weighted by atomic mass is 16.3. The smallest absolute Gasteiger partial charge is 0.0451 e. The Morgan fingerprint density at radius 1 is 1.37 bits per heavy atom. The number of hydrogen-bond donors (Lipinski definition) is 2. The number of nitrogens with one attached hydrogen (secondary N) is 1. The van der Waals surface area contributed by atoms with E-state index in [0.29, 0.717) is 12.1 Å². The highest BCUT2D eigenvalue weighted by molar-refractivity contribution is 5.55. The van der Waals surface area contributed by atoms with Crippen LogP contribution in [-0.2, 0) is 6.42 Å². The largest absolute Gasteiger partial charge is 0.396 e. The Hall–Kier alpha value is -1.06. The fourth-order valence-electron chi connectivity index (χ4n) is 3.06. The Balaban J connectivity index is 2.34. The normalized spacial score (nSPS) is 24.3. The van der Waals surface area contributed by atoms with E-state index >= 15 is 0 Å². The molecule has 0 aromatic heterocycles. The summed E-state index contributed by atoms with van der Waals surface area (Å²) < 4.78 is 0. The molecule has 0 saturated carbocycles. The number of anilines is 1. The third-order valence-electron chi connectivity index (χ3n) is 4.10. The van der Waals surface area contributed by atoms with Crippen LogP contribution in [0.2, 0.25) is 0 Å². The predicted molar refractivity (Wildman–Crippen MR) is 80.7 cm³/mol. The molecule has 1 aromatic carbocycles. The number of para-hydroxylation sites is 1. The molecule has 3 heteroatoms. The van der Waals surface area contributed by atoms with Crippen LogP contribution in [0.25, 0.3) is 0 Å². The zero-order valence-electron chi connectivity index (χ0n) is 12.1. The van der Waals surface area contributed by atoms with Crippen LogP contribution < -0.4 is 10.2 Å². The molecule has 0 amide bonds. The van der Waals surface area contributed by atoms with E-state index in [9.17, 15) is 5.11 Å². The molecule has 0 spiro atoms. The van der Waals surface area contributed by atoms with Crippen LogP contribution in [0.5, 0.6) is 0 Å². The summed E-state index contributed by atoms with van der Waals surface area (Å²) >= 11 is 0. The van der Waals surface area contributed by atoms with Gasteiger partial charge in [-0.25, -0.2) is 0 Å². The van der Waals surface area contributed by atoms with Gasteiger partial charge in [0.25, 0.3) is 0 Å². The molecule has 2 N–H and O–H groups in total. The Morgan fingerprint density at radius 2 is 2.16 bits per heavy atom. The lowest BCUT2D eigenvalue weighted by atomic mass is 10.0. The molecule has 3 nitrogen and oxygen atoms in total. The lowest BCUT2D eigenvalue weighted by molar-refractivity contribution is 0.271. The summed E-state index contributed by atoms with van der Waals surface area (Å²) in [6, 6.07) is 9.58. The molecule has 106 valence electrons. The van der Waals surface area contributed by atoms with Crippen molar-refractivity contribution in [2.45, 2.75) is 45.2 Å². The Labute approximate surface area is 116 Å². The number of hydrogen-bond acceptors (Lipinski definition) is 3. The lowest BCUT2D eigenvalue weighted by Crippen LogP contribution is -2.44. The van der Waals surface area contributed by atoms with Crippen molar-refractivity contribution in [2.75, 3.05) is 24.6 Å². The highest BCUT2D eigenvalue weighted by Crippen LogP contribution is 2.28. The summed E-state index contributed by atoms with van der Waals surface area (Å²) in [5.41, 5.74) is 2.75. The van der Waals surface area contributed by atoms with Crippen LogP contribution in [-0.4, -0.2) is 36.9 Å². The van der Waals surface area contributed by atoms with Gasteiger partial charge in [0, 0.05) is 30.9 Å². The Morgan fingerprint density at radius 3 is 2.89 bits per heavy atom. The zero-order valence-corrected chi connectivity index (χ0v) is 12.1. The molecule has 1 aliphatic heterocycles. The van der Waals surface area contributed by atoms with Crippen LogP contribution in [0.1, 0.15) is 32.3 Å². The van der Waals surface area contributed by atoms with Crippen LogP contribution in [0.4, 0.5) is 5.69 Å². The van der Waals surface area contributed by atoms with Crippen molar-refractivity contribution in [3.8, 4) is 0 Å². The summed E-state index contributed by atoms with van der Waals surface area (Å²) in [5.74, 6) is 0. The van der Waals surface area contributed by atoms with Crippen LogP contribution in [0.15, 0.2) is 24.3 Å². The maximum absolute atomic E-state index is 9.33. The second-order valence-electron chi connectivity index (χ2n) is 5.40. The summed E-state index contributed by atoms with van der Waals surface area (Å²) in [6.07, 6.45) is 3.04. The number of aryl methyl sites for hydroxylation is 1. The first kappa shape index (κ1) is 14.4. The highest BCUT2D eigenvalue weighted by Gasteiger charge is 2.26. The van der Waals surface area contributed by atoms with E-state index < -0.39 is 0 Å². The van der Waals surface area contributed by atoms with E-state index in [2.05, 4.69) is 48.3 Å². The predicted octanol–water partition coefficient (Wildman–Crippen LogP) is 2.19. The SMILES string of the molecule is CCc1ccccc1N1C(C)CCNCC1CCO. The van der Waals surface area contributed by atoms with E-state index in [-0.39, 0.29) is 6.61 Å². The first-order chi connectivity index (χ1) is 9.27. The molecule has 2 atom stereocenters. The van der Waals surface area contributed by atoms with E-state index in [4.69, 9.17) is 0 Å². The second-order valence-corrected chi connectivity index (χ2v) is 5.40. The first-order valence-electron chi connectivity index (χ1n) is 7.45. The molecule has 1 fully saturated rings. The molecule has 0 aliphatic carbocycles. The molecule has 2 rings (SSSR count). The molecule has 19 heavy (non-hydrogen) atoms. The van der Waals surface area contributed by atoms with Gasteiger partial charge in [0.2, 0.25) is 0 Å². The minimum atomic E-state index is 0.254. The number of rotatable bonds is 4. The third kappa shape index (κ3) is 3.28. The molecule has 1 heterocycles. The van der Waals surface area contributed by atoms with Gasteiger partial charge in [0.05, 0.1) is 0 Å². The quantitative estimate of drug-likeness (QED) is 0.873. The minimum absolute atomic E-state index is 0.254. The Kier molecular flexibility index (Phi) is 5.23. The lowest BCUT2D eigenvalue weighted by Gasteiger charge is -2.37. The van der Waals surface area contributed by atoms with Crippen molar-refractivity contribution in [3.05, 3.63) is 29.8 Å². The average molecular weight is 262 g/mol. The molecule has 0 radical (unpaired) electrons. The molecule has 2 unspecified atom stereocenters. The van der Waals surface area contributed by atoms with Crippen molar-refractivity contribution in [1.82, 2.24) is 5.32 Å². The molecular formula is C16H26N2O. The second kappa shape index (κ2) is 6.92. The van der Waals surface area contributed by atoms with Gasteiger partial charge in [-0.05, 0) is 44.4 Å². The topological polar surface area (TPSA) is 35.5 Å². The van der Waals surface area contributed by atoms with Crippen LogP contribution >= 0.6 is 0 Å². The van der Waals surface area contributed by atoms with Crippen molar-refractivity contribution in [3.63, 3.8) is 0 Å². The van der Waals surface area contributed by atoms with Gasteiger partial charge in [-0.3, -0.25) is 0 Å². The average Bonchev–Trinajstić information content (AvgIpc) is 2.61. The molecule has 0 bridgehead atoms. The van der Waals surface area contributed by atoms with Gasteiger partial charge in [-0.15, -0.1) is 0 Å². The molecule has 1 saturated heterocycles. The molecule has 1 aliphatic rings. The van der Waals surface area contributed by atoms with Crippen LogP contribution in [0.3, 0.4) is 0 Å². The number of nitrogens with zero attached hydrogens (tertiary/aromatic N) is 1. The fraction of sp³-hybridized carbons (Fsp3) is 0.625. The number of aliphatic hydroxyl groups is 1. The summed E-state index contributed by atoms with van der Waals surface area (Å²) in [6.45, 7) is 6.78. The van der Waals surface area contributed by atoms with Crippen molar-refractivity contribution in [2.24, 2.45) is 0 Å². The maximum Gasteiger partial charge on any atom is 0.0451 e. The van der Waals surface area contributed by atoms with Gasteiger partial charge in [0.15, 0.2) is 0 Å². The number of benzene rings is 1. The van der Waals surface area contributed by atoms with Crippen molar-refractivity contribution >= 4 is 5.69 Å². The zero-order chi connectivity index (χ0) is 13.7. The van der Waals surface area contributed by atoms with Gasteiger partial charge >= 0.3 is 0 Å². The molecular weight excluding hydrogens is 236 g/mol. The van der Waals surface area contributed by atoms with E-state index in [1.165, 1.54) is 11.3 Å². The first-order valence-corrected chi connectivity index (χ1v) is 7.45. The summed E-state index contributed by atoms with van der Waals surface area (Å²) in [4.78, 5) is 2.52. The monoisotopic (exact) mass is 262 g/mol. The standard InChI is InChI=1S/C16H26N2O/c1-3-14-6-4-5-7-16(14)18-13(2)8-10-17-12-15(18)9-11-19/h4-7,13,15,17,19H,3,8-12H2,1-2H3. The number of aliphatic hydroxyl groups excluding tert-OH is 1.